The van der Waals surface area contributed by atoms with Crippen LogP contribution >= 0.6 is 0 Å². The molecule has 1 amide bonds. The maximum Gasteiger partial charge on any atom is 0.410 e. The lowest BCUT2D eigenvalue weighted by Crippen LogP contribution is -2.46. The number of imidazole rings is 1. The fourth-order valence-electron chi connectivity index (χ4n) is 1.68. The van der Waals surface area contributed by atoms with Crippen LogP contribution in [0.15, 0.2) is 12.5 Å². The van der Waals surface area contributed by atoms with E-state index >= 15 is 0 Å². The van der Waals surface area contributed by atoms with Crippen LogP contribution in [0.2, 0.25) is 0 Å². The second-order valence-electron chi connectivity index (χ2n) is 5.99. The molecule has 102 valence electrons. The Hall–Kier alpha value is -1.52. The number of aryl methyl sites for hydroxylation is 1. The Labute approximate surface area is 109 Å². The molecule has 0 aliphatic rings. The first kappa shape index (κ1) is 14.5. The summed E-state index contributed by atoms with van der Waals surface area (Å²) in [7, 11) is 3.65. The molecular formula is C13H23N3O2. The number of nitrogens with zero attached hydrogens (tertiary/aromatic N) is 3. The highest BCUT2D eigenvalue weighted by atomic mass is 16.6. The highest BCUT2D eigenvalue weighted by molar-refractivity contribution is 5.69. The van der Waals surface area contributed by atoms with Crippen LogP contribution in [0.1, 0.15) is 40.3 Å². The van der Waals surface area contributed by atoms with Gasteiger partial charge >= 0.3 is 6.09 Å². The van der Waals surface area contributed by atoms with Gasteiger partial charge in [0.15, 0.2) is 0 Å². The minimum Gasteiger partial charge on any atom is -0.444 e. The van der Waals surface area contributed by atoms with Gasteiger partial charge in [-0.05, 0) is 34.6 Å². The zero-order valence-corrected chi connectivity index (χ0v) is 12.3. The van der Waals surface area contributed by atoms with Crippen molar-refractivity contribution in [3.8, 4) is 0 Å². The molecule has 0 aromatic carbocycles. The average molecular weight is 253 g/mol. The smallest absolute Gasteiger partial charge is 0.410 e. The fraction of sp³-hybridized carbons (Fsp3) is 0.692. The summed E-state index contributed by atoms with van der Waals surface area (Å²) in [5.41, 5.74) is -0.0163. The largest absolute Gasteiger partial charge is 0.444 e. The SMILES string of the molecule is CN(C(=O)OC(C)(C)C)C(C)(C)c1cncn1C. The zero-order valence-electron chi connectivity index (χ0n) is 12.3. The molecule has 1 heterocycles. The van der Waals surface area contributed by atoms with Gasteiger partial charge in [0.25, 0.3) is 0 Å². The van der Waals surface area contributed by atoms with E-state index in [1.54, 1.807) is 24.5 Å². The molecule has 0 saturated heterocycles. The zero-order chi connectivity index (χ0) is 14.1. The normalized spacial score (nSPS) is 12.4. The van der Waals surface area contributed by atoms with Crippen LogP contribution in [0.5, 0.6) is 0 Å². The van der Waals surface area contributed by atoms with E-state index in [9.17, 15) is 4.79 Å². The van der Waals surface area contributed by atoms with E-state index in [0.29, 0.717) is 0 Å². The molecule has 0 bridgehead atoms. The van der Waals surface area contributed by atoms with E-state index in [2.05, 4.69) is 4.98 Å². The highest BCUT2D eigenvalue weighted by Crippen LogP contribution is 2.27. The van der Waals surface area contributed by atoms with Gasteiger partial charge in [0.1, 0.15) is 5.60 Å². The maximum atomic E-state index is 12.1. The van der Waals surface area contributed by atoms with Crippen LogP contribution in [-0.2, 0) is 17.3 Å². The first-order chi connectivity index (χ1) is 8.05. The lowest BCUT2D eigenvalue weighted by atomic mass is 9.99. The Morgan fingerprint density at radius 3 is 2.28 bits per heavy atom. The standard InChI is InChI=1S/C13H23N3O2/c1-12(2,3)18-11(17)16(7)13(4,5)10-8-14-9-15(10)6/h8-9H,1-7H3. The molecule has 0 aliphatic carbocycles. The Kier molecular flexibility index (Phi) is 3.74. The van der Waals surface area contributed by atoms with E-state index in [-0.39, 0.29) is 6.09 Å². The van der Waals surface area contributed by atoms with Crippen molar-refractivity contribution in [2.45, 2.75) is 45.8 Å². The minimum atomic E-state index is -0.492. The summed E-state index contributed by atoms with van der Waals surface area (Å²) < 4.78 is 7.28. The number of ether oxygens (including phenoxy) is 1. The molecule has 5 nitrogen and oxygen atoms in total. The lowest BCUT2D eigenvalue weighted by Gasteiger charge is -2.36. The number of amides is 1. The summed E-state index contributed by atoms with van der Waals surface area (Å²) in [6.07, 6.45) is 3.15. The van der Waals surface area contributed by atoms with Crippen molar-refractivity contribution >= 4 is 6.09 Å². The summed E-state index contributed by atoms with van der Waals surface area (Å²) in [5, 5.41) is 0. The van der Waals surface area contributed by atoms with Gasteiger partial charge in [0.05, 0.1) is 23.8 Å². The molecule has 1 aromatic rings. The molecule has 0 unspecified atom stereocenters. The number of carbonyl (C=O) groups is 1. The third kappa shape index (κ3) is 3.03. The monoisotopic (exact) mass is 253 g/mol. The van der Waals surface area contributed by atoms with E-state index in [1.807, 2.05) is 46.2 Å². The van der Waals surface area contributed by atoms with Crippen LogP contribution < -0.4 is 0 Å². The molecule has 0 saturated carbocycles. The van der Waals surface area contributed by atoms with Crippen molar-refractivity contribution in [1.82, 2.24) is 14.5 Å². The van der Waals surface area contributed by atoms with Crippen molar-refractivity contribution in [3.05, 3.63) is 18.2 Å². The summed E-state index contributed by atoms with van der Waals surface area (Å²) >= 11 is 0. The molecule has 0 atom stereocenters. The first-order valence-electron chi connectivity index (χ1n) is 5.99. The summed E-state index contributed by atoms with van der Waals surface area (Å²) in [5.74, 6) is 0. The van der Waals surface area contributed by atoms with Crippen molar-refractivity contribution in [2.75, 3.05) is 7.05 Å². The molecule has 1 rings (SSSR count). The van der Waals surface area contributed by atoms with Gasteiger partial charge in [0.2, 0.25) is 0 Å². The molecule has 0 aliphatic heterocycles. The molecule has 0 spiro atoms. The summed E-state index contributed by atoms with van der Waals surface area (Å²) in [6.45, 7) is 9.50. The average Bonchev–Trinajstić information content (AvgIpc) is 2.61. The molecular weight excluding hydrogens is 230 g/mol. The number of hydrogen-bond donors (Lipinski definition) is 0. The van der Waals surface area contributed by atoms with E-state index in [4.69, 9.17) is 4.74 Å². The number of hydrogen-bond acceptors (Lipinski definition) is 3. The van der Waals surface area contributed by atoms with Crippen LogP contribution in [0, 0.1) is 0 Å². The van der Waals surface area contributed by atoms with Crippen molar-refractivity contribution < 1.29 is 9.53 Å². The molecule has 0 radical (unpaired) electrons. The molecule has 1 aromatic heterocycles. The molecule has 0 N–H and O–H groups in total. The van der Waals surface area contributed by atoms with Gasteiger partial charge in [-0.1, -0.05) is 0 Å². The van der Waals surface area contributed by atoms with Gasteiger partial charge in [-0.2, -0.15) is 0 Å². The Bertz CT molecular complexity index is 430. The minimum absolute atomic E-state index is 0.339. The van der Waals surface area contributed by atoms with Crippen molar-refractivity contribution in [3.63, 3.8) is 0 Å². The number of carbonyl (C=O) groups excluding carboxylic acids is 1. The van der Waals surface area contributed by atoms with Gasteiger partial charge in [-0.15, -0.1) is 0 Å². The second-order valence-corrected chi connectivity index (χ2v) is 5.99. The van der Waals surface area contributed by atoms with Crippen LogP contribution in [0.4, 0.5) is 4.79 Å². The summed E-state index contributed by atoms with van der Waals surface area (Å²) in [4.78, 5) is 17.8. The lowest BCUT2D eigenvalue weighted by molar-refractivity contribution is 0.00929. The van der Waals surface area contributed by atoms with Crippen LogP contribution in [-0.4, -0.2) is 33.2 Å². The molecule has 5 heteroatoms. The molecule has 0 fully saturated rings. The van der Waals surface area contributed by atoms with E-state index < -0.39 is 11.1 Å². The van der Waals surface area contributed by atoms with Gasteiger partial charge in [-0.25, -0.2) is 9.78 Å². The predicted molar refractivity (Wildman–Crippen MR) is 70.2 cm³/mol. The predicted octanol–water partition coefficient (Wildman–Crippen LogP) is 2.52. The van der Waals surface area contributed by atoms with E-state index in [1.165, 1.54) is 0 Å². The third-order valence-electron chi connectivity index (χ3n) is 2.95. The quantitative estimate of drug-likeness (QED) is 0.813. The van der Waals surface area contributed by atoms with Crippen LogP contribution in [0.25, 0.3) is 0 Å². The van der Waals surface area contributed by atoms with Gasteiger partial charge in [0, 0.05) is 14.1 Å². The van der Waals surface area contributed by atoms with Gasteiger partial charge < -0.3 is 14.2 Å². The first-order valence-corrected chi connectivity index (χ1v) is 5.99. The van der Waals surface area contributed by atoms with Gasteiger partial charge in [-0.3, -0.25) is 0 Å². The topological polar surface area (TPSA) is 47.4 Å². The fourth-order valence-corrected chi connectivity index (χ4v) is 1.68. The number of aromatic nitrogens is 2. The highest BCUT2D eigenvalue weighted by Gasteiger charge is 2.34. The second kappa shape index (κ2) is 4.63. The Morgan fingerprint density at radius 2 is 1.89 bits per heavy atom. The third-order valence-corrected chi connectivity index (χ3v) is 2.95. The van der Waals surface area contributed by atoms with Crippen molar-refractivity contribution in [2.24, 2.45) is 7.05 Å². The van der Waals surface area contributed by atoms with Crippen LogP contribution in [0.3, 0.4) is 0 Å². The van der Waals surface area contributed by atoms with Crippen molar-refractivity contribution in [1.29, 1.82) is 0 Å². The molecule has 18 heavy (non-hydrogen) atoms. The van der Waals surface area contributed by atoms with E-state index in [0.717, 1.165) is 5.69 Å². The maximum absolute atomic E-state index is 12.1. The Balaban J connectivity index is 2.92. The summed E-state index contributed by atoms with van der Waals surface area (Å²) in [6, 6.07) is 0. The number of rotatable bonds is 2. The Morgan fingerprint density at radius 1 is 1.33 bits per heavy atom.